The summed E-state index contributed by atoms with van der Waals surface area (Å²) in [6, 6.07) is 0. The first kappa shape index (κ1) is 17.6. The molecule has 0 saturated heterocycles. The Labute approximate surface area is 108 Å². The molecule has 0 aliphatic carbocycles. The summed E-state index contributed by atoms with van der Waals surface area (Å²) in [7, 11) is 0. The molecule has 1 nitrogen and oxygen atoms in total. The van der Waals surface area contributed by atoms with Crippen molar-refractivity contribution < 1.29 is 56.5 Å². The number of rotatable bonds is 2. The third-order valence-corrected chi connectivity index (χ3v) is 0.512. The fourth-order valence-corrected chi connectivity index (χ4v) is 0.158. The van der Waals surface area contributed by atoms with E-state index in [-0.39, 0.29) is 51.4 Å². The molecular formula is C8H19KO. The van der Waals surface area contributed by atoms with E-state index in [1.54, 1.807) is 0 Å². The SMILES string of the molecule is CCCCO.C[C-](C)C.[K+]. The van der Waals surface area contributed by atoms with Gasteiger partial charge in [0.1, 0.15) is 0 Å². The van der Waals surface area contributed by atoms with Crippen LogP contribution in [-0.4, -0.2) is 11.7 Å². The normalized spacial score (nSPS) is 7.80. The summed E-state index contributed by atoms with van der Waals surface area (Å²) in [5.74, 6) is 1.42. The topological polar surface area (TPSA) is 20.2 Å². The Kier molecular flexibility index (Phi) is 29.8. The molecule has 0 radical (unpaired) electrons. The summed E-state index contributed by atoms with van der Waals surface area (Å²) in [6.07, 6.45) is 2.04. The second-order valence-corrected chi connectivity index (χ2v) is 2.58. The molecule has 0 spiro atoms. The molecular weight excluding hydrogens is 151 g/mol. The molecule has 0 saturated carbocycles. The van der Waals surface area contributed by atoms with Crippen molar-refractivity contribution in [3.05, 3.63) is 5.92 Å². The van der Waals surface area contributed by atoms with E-state index in [4.69, 9.17) is 5.11 Å². The molecule has 0 fully saturated rings. The van der Waals surface area contributed by atoms with Crippen molar-refractivity contribution in [1.82, 2.24) is 0 Å². The van der Waals surface area contributed by atoms with Crippen molar-refractivity contribution in [2.45, 2.75) is 40.5 Å². The van der Waals surface area contributed by atoms with Gasteiger partial charge in [-0.1, -0.05) is 13.3 Å². The summed E-state index contributed by atoms with van der Waals surface area (Å²) in [5.41, 5.74) is 0. The van der Waals surface area contributed by atoms with Gasteiger partial charge in [0.05, 0.1) is 0 Å². The van der Waals surface area contributed by atoms with E-state index in [0.717, 1.165) is 12.8 Å². The van der Waals surface area contributed by atoms with Gasteiger partial charge in [0.2, 0.25) is 0 Å². The molecule has 0 heterocycles. The predicted octanol–water partition coefficient (Wildman–Crippen LogP) is -0.597. The molecule has 0 atom stereocenters. The Bertz CT molecular complexity index is 33.5. The van der Waals surface area contributed by atoms with E-state index in [9.17, 15) is 0 Å². The maximum absolute atomic E-state index is 8.07. The van der Waals surface area contributed by atoms with Crippen LogP contribution in [0.15, 0.2) is 0 Å². The first-order chi connectivity index (χ1) is 4.15. The van der Waals surface area contributed by atoms with Gasteiger partial charge in [-0.2, -0.15) is 20.8 Å². The van der Waals surface area contributed by atoms with Gasteiger partial charge >= 0.3 is 51.4 Å². The van der Waals surface area contributed by atoms with Crippen LogP contribution in [0.3, 0.4) is 0 Å². The third-order valence-electron chi connectivity index (χ3n) is 0.512. The van der Waals surface area contributed by atoms with Gasteiger partial charge in [-0.15, -0.1) is 0 Å². The summed E-state index contributed by atoms with van der Waals surface area (Å²) < 4.78 is 0. The van der Waals surface area contributed by atoms with Crippen molar-refractivity contribution in [2.24, 2.45) is 0 Å². The van der Waals surface area contributed by atoms with Crippen LogP contribution in [0.4, 0.5) is 0 Å². The van der Waals surface area contributed by atoms with Gasteiger partial charge in [-0.25, -0.2) is 0 Å². The van der Waals surface area contributed by atoms with E-state index in [1.807, 2.05) is 0 Å². The molecule has 0 aliphatic heterocycles. The van der Waals surface area contributed by atoms with Crippen molar-refractivity contribution in [1.29, 1.82) is 0 Å². The number of aliphatic hydroxyl groups is 1. The van der Waals surface area contributed by atoms with E-state index in [2.05, 4.69) is 27.7 Å². The molecule has 0 rings (SSSR count). The summed E-state index contributed by atoms with van der Waals surface area (Å²) in [5, 5.41) is 8.07. The Balaban J connectivity index is -0.0000000910. The molecule has 2 heteroatoms. The van der Waals surface area contributed by atoms with Gasteiger partial charge in [0.25, 0.3) is 0 Å². The van der Waals surface area contributed by atoms with Crippen LogP contribution in [0.5, 0.6) is 0 Å². The molecule has 0 aromatic rings. The first-order valence-corrected chi connectivity index (χ1v) is 3.52. The fraction of sp³-hybridized carbons (Fsp3) is 0.875. The fourth-order valence-electron chi connectivity index (χ4n) is 0.158. The summed E-state index contributed by atoms with van der Waals surface area (Å²) in [4.78, 5) is 0. The molecule has 0 unspecified atom stereocenters. The van der Waals surface area contributed by atoms with Crippen molar-refractivity contribution in [3.8, 4) is 0 Å². The van der Waals surface area contributed by atoms with Gasteiger partial charge in [0.15, 0.2) is 0 Å². The Morgan fingerprint density at radius 3 is 1.50 bits per heavy atom. The van der Waals surface area contributed by atoms with Crippen LogP contribution in [-0.2, 0) is 0 Å². The van der Waals surface area contributed by atoms with Crippen molar-refractivity contribution in [2.75, 3.05) is 6.61 Å². The van der Waals surface area contributed by atoms with E-state index in [0.29, 0.717) is 6.61 Å². The third kappa shape index (κ3) is 54.8. The van der Waals surface area contributed by atoms with Crippen LogP contribution in [0, 0.1) is 5.92 Å². The van der Waals surface area contributed by atoms with Crippen LogP contribution < -0.4 is 51.4 Å². The minimum absolute atomic E-state index is 0. The zero-order valence-electron chi connectivity index (χ0n) is 8.07. The predicted molar refractivity (Wildman–Crippen MR) is 42.3 cm³/mol. The number of aliphatic hydroxyl groups excluding tert-OH is 1. The maximum atomic E-state index is 8.07. The zero-order chi connectivity index (χ0) is 7.70. The minimum Gasteiger partial charge on any atom is -0.396 e. The second kappa shape index (κ2) is 16.9. The summed E-state index contributed by atoms with van der Waals surface area (Å²) in [6.45, 7) is 8.65. The van der Waals surface area contributed by atoms with Gasteiger partial charge in [0, 0.05) is 6.61 Å². The average molecular weight is 170 g/mol. The van der Waals surface area contributed by atoms with Crippen molar-refractivity contribution in [3.63, 3.8) is 0 Å². The second-order valence-electron chi connectivity index (χ2n) is 2.58. The maximum Gasteiger partial charge on any atom is 1.00 e. The smallest absolute Gasteiger partial charge is 0.396 e. The molecule has 0 aromatic carbocycles. The van der Waals surface area contributed by atoms with E-state index in [1.165, 1.54) is 5.92 Å². The Morgan fingerprint density at radius 2 is 1.50 bits per heavy atom. The molecule has 0 aromatic heterocycles. The number of hydrogen-bond donors (Lipinski definition) is 1. The largest absolute Gasteiger partial charge is 1.00 e. The monoisotopic (exact) mass is 170 g/mol. The molecule has 58 valence electrons. The standard InChI is InChI=1S/C4H10O.C4H9.K/c1-2-3-4-5;1-4(2)3;/h5H,2-4H2,1H3;1-3H3;/q;-1;+1. The van der Waals surface area contributed by atoms with E-state index >= 15 is 0 Å². The Morgan fingerprint density at radius 1 is 1.20 bits per heavy atom. The van der Waals surface area contributed by atoms with Gasteiger partial charge in [-0.3, -0.25) is 0 Å². The molecule has 1 N–H and O–H groups in total. The van der Waals surface area contributed by atoms with Crippen LogP contribution in [0.1, 0.15) is 40.5 Å². The minimum atomic E-state index is 0. The van der Waals surface area contributed by atoms with E-state index < -0.39 is 0 Å². The summed E-state index contributed by atoms with van der Waals surface area (Å²) >= 11 is 0. The first-order valence-electron chi connectivity index (χ1n) is 3.52. The quantitative estimate of drug-likeness (QED) is 0.434. The average Bonchev–Trinajstić information content (AvgIpc) is 1.66. The molecule has 0 bridgehead atoms. The van der Waals surface area contributed by atoms with Gasteiger partial charge < -0.3 is 11.0 Å². The van der Waals surface area contributed by atoms with Crippen LogP contribution in [0.25, 0.3) is 0 Å². The molecule has 0 aliphatic rings. The zero-order valence-corrected chi connectivity index (χ0v) is 11.2. The van der Waals surface area contributed by atoms with Gasteiger partial charge in [-0.05, 0) is 6.42 Å². The number of unbranched alkanes of at least 4 members (excludes halogenated alkanes) is 1. The molecule has 10 heavy (non-hydrogen) atoms. The number of hydrogen-bond acceptors (Lipinski definition) is 1. The Hall–Kier alpha value is 1.60. The van der Waals surface area contributed by atoms with Crippen LogP contribution >= 0.6 is 0 Å². The molecule has 0 amide bonds. The van der Waals surface area contributed by atoms with Crippen molar-refractivity contribution >= 4 is 0 Å². The van der Waals surface area contributed by atoms with Crippen LogP contribution in [0.2, 0.25) is 0 Å².